The second-order valence-corrected chi connectivity index (χ2v) is 9.23. The van der Waals surface area contributed by atoms with Crippen LogP contribution in [0.4, 0.5) is 0 Å². The molecule has 0 N–H and O–H groups in total. The van der Waals surface area contributed by atoms with Crippen LogP contribution >= 0.6 is 0 Å². The Bertz CT molecular complexity index is 1660. The summed E-state index contributed by atoms with van der Waals surface area (Å²) in [6.45, 7) is 1.07. The quantitative estimate of drug-likeness (QED) is 0.289. The summed E-state index contributed by atoms with van der Waals surface area (Å²) >= 11 is 0. The fourth-order valence-electron chi connectivity index (χ4n) is 4.95. The van der Waals surface area contributed by atoms with Crippen LogP contribution in [-0.4, -0.2) is 38.0 Å². The van der Waals surface area contributed by atoms with Gasteiger partial charge in [0.1, 0.15) is 11.5 Å². The summed E-state index contributed by atoms with van der Waals surface area (Å²) in [5, 5.41) is 0. The Kier molecular flexibility index (Phi) is 6.32. The molecule has 3 heterocycles. The molecule has 0 spiro atoms. The molecule has 2 aromatic heterocycles. The van der Waals surface area contributed by atoms with Crippen molar-refractivity contribution in [1.29, 1.82) is 0 Å². The van der Waals surface area contributed by atoms with E-state index in [4.69, 9.17) is 4.74 Å². The first kappa shape index (κ1) is 23.5. The number of amides is 1. The lowest BCUT2D eigenvalue weighted by molar-refractivity contribution is -0.125. The molecule has 1 aliphatic heterocycles. The third-order valence-corrected chi connectivity index (χ3v) is 6.81. The summed E-state index contributed by atoms with van der Waals surface area (Å²) in [4.78, 5) is 32.7. The van der Waals surface area contributed by atoms with Gasteiger partial charge in [-0.3, -0.25) is 18.9 Å². The van der Waals surface area contributed by atoms with Gasteiger partial charge in [0.15, 0.2) is 0 Å². The van der Waals surface area contributed by atoms with Gasteiger partial charge in [-0.2, -0.15) is 0 Å². The van der Waals surface area contributed by atoms with E-state index in [-0.39, 0.29) is 17.6 Å². The van der Waals surface area contributed by atoms with Crippen molar-refractivity contribution in [3.63, 3.8) is 0 Å². The topological polar surface area (TPSA) is 69.4 Å². The maximum absolute atomic E-state index is 13.8. The van der Waals surface area contributed by atoms with Gasteiger partial charge in [-0.1, -0.05) is 48.5 Å². The molecule has 38 heavy (non-hydrogen) atoms. The Balaban J connectivity index is 1.26. The van der Waals surface area contributed by atoms with E-state index in [9.17, 15) is 9.59 Å². The fraction of sp³-hybridized carbons (Fsp3) is 0.129. The van der Waals surface area contributed by atoms with Crippen LogP contribution in [0.1, 0.15) is 18.0 Å². The number of carbonyl (C=O) groups excluding carboxylic acids is 1. The number of nitrogens with zero attached hydrogens (tertiary/aromatic N) is 4. The highest BCUT2D eigenvalue weighted by molar-refractivity contribution is 5.92. The van der Waals surface area contributed by atoms with Crippen LogP contribution < -0.4 is 10.4 Å². The summed E-state index contributed by atoms with van der Waals surface area (Å²) < 4.78 is 9.39. The van der Waals surface area contributed by atoms with Gasteiger partial charge in [0.25, 0.3) is 0 Å². The summed E-state index contributed by atoms with van der Waals surface area (Å²) in [6.07, 6.45) is 7.54. The summed E-state index contributed by atoms with van der Waals surface area (Å²) in [5.41, 5.74) is 3.08. The number of ether oxygens (including phenoxy) is 1. The summed E-state index contributed by atoms with van der Waals surface area (Å²) in [5.74, 6) is 1.38. The first-order valence-electron chi connectivity index (χ1n) is 12.6. The van der Waals surface area contributed by atoms with Crippen LogP contribution in [0.3, 0.4) is 0 Å². The number of pyridine rings is 1. The molecule has 0 bridgehead atoms. The number of rotatable bonds is 6. The van der Waals surface area contributed by atoms with E-state index in [1.807, 2.05) is 97.1 Å². The van der Waals surface area contributed by atoms with Crippen LogP contribution in [0.5, 0.6) is 11.5 Å². The zero-order chi connectivity index (χ0) is 25.9. The number of hydrogen-bond donors (Lipinski definition) is 0. The molecule has 3 aromatic carbocycles. The second kappa shape index (κ2) is 10.2. The molecule has 1 saturated heterocycles. The minimum absolute atomic E-state index is 0.0520. The van der Waals surface area contributed by atoms with Gasteiger partial charge >= 0.3 is 5.69 Å². The van der Waals surface area contributed by atoms with Crippen LogP contribution in [0.15, 0.2) is 114 Å². The number of likely N-dealkylation sites (tertiary alicyclic amines) is 1. The van der Waals surface area contributed by atoms with Crippen LogP contribution in [0.2, 0.25) is 0 Å². The molecular formula is C31H26N4O3. The molecule has 1 atom stereocenters. The van der Waals surface area contributed by atoms with E-state index in [1.165, 1.54) is 0 Å². The zero-order valence-electron chi connectivity index (χ0n) is 20.7. The average Bonchev–Trinajstić information content (AvgIpc) is 3.55. The zero-order valence-corrected chi connectivity index (χ0v) is 20.7. The maximum Gasteiger partial charge on any atom is 0.334 e. The van der Waals surface area contributed by atoms with E-state index < -0.39 is 0 Å². The molecule has 5 aromatic rings. The van der Waals surface area contributed by atoms with Crippen molar-refractivity contribution in [2.75, 3.05) is 13.1 Å². The SMILES string of the molecule is O=C(C=Cc1ccccc1)N1CC[C@@H](n2c(=O)n(-c3ccc(Oc4ccccc4)cc3)c3cnccc32)C1. The summed E-state index contributed by atoms with van der Waals surface area (Å²) in [6, 6.07) is 28.5. The second-order valence-electron chi connectivity index (χ2n) is 9.23. The molecule has 188 valence electrons. The van der Waals surface area contributed by atoms with Gasteiger partial charge in [-0.05, 0) is 60.5 Å². The number of fused-ring (bicyclic) bond motifs is 1. The standard InChI is InChI=1S/C31H26N4O3/c36-30(16-11-23-7-3-1-4-8-23)33-20-18-25(22-33)35-28-17-19-32-21-29(28)34(31(35)37)24-12-14-27(15-13-24)38-26-9-5-2-6-10-26/h1-17,19,21,25H,18,20,22H2/t25-/m1/s1. The monoisotopic (exact) mass is 502 g/mol. The number of para-hydroxylation sites is 1. The Morgan fingerprint density at radius 2 is 1.58 bits per heavy atom. The highest BCUT2D eigenvalue weighted by Crippen LogP contribution is 2.28. The number of imidazole rings is 1. The van der Waals surface area contributed by atoms with E-state index in [0.717, 1.165) is 28.0 Å². The first-order chi connectivity index (χ1) is 18.7. The number of carbonyl (C=O) groups is 1. The lowest BCUT2D eigenvalue weighted by Crippen LogP contribution is -2.31. The molecule has 7 heteroatoms. The van der Waals surface area contributed by atoms with E-state index in [2.05, 4.69) is 4.98 Å². The minimum Gasteiger partial charge on any atom is -0.457 e. The fourth-order valence-corrected chi connectivity index (χ4v) is 4.95. The smallest absolute Gasteiger partial charge is 0.334 e. The Morgan fingerprint density at radius 3 is 2.34 bits per heavy atom. The molecule has 0 aliphatic carbocycles. The lowest BCUT2D eigenvalue weighted by atomic mass is 10.2. The van der Waals surface area contributed by atoms with Gasteiger partial charge in [0.2, 0.25) is 5.91 Å². The van der Waals surface area contributed by atoms with Gasteiger partial charge in [0, 0.05) is 25.4 Å². The molecule has 0 unspecified atom stereocenters. The molecule has 1 fully saturated rings. The van der Waals surface area contributed by atoms with E-state index in [1.54, 1.807) is 32.5 Å². The Hall–Kier alpha value is -4.91. The van der Waals surface area contributed by atoms with Crippen molar-refractivity contribution in [1.82, 2.24) is 19.0 Å². The van der Waals surface area contributed by atoms with Crippen molar-refractivity contribution in [3.05, 3.63) is 126 Å². The van der Waals surface area contributed by atoms with Crippen molar-refractivity contribution < 1.29 is 9.53 Å². The van der Waals surface area contributed by atoms with E-state index >= 15 is 0 Å². The molecular weight excluding hydrogens is 476 g/mol. The Labute approximate surface area is 219 Å². The molecule has 1 amide bonds. The number of aromatic nitrogens is 3. The minimum atomic E-state index is -0.149. The van der Waals surface area contributed by atoms with Crippen molar-refractivity contribution in [3.8, 4) is 17.2 Å². The maximum atomic E-state index is 13.8. The van der Waals surface area contributed by atoms with Gasteiger partial charge < -0.3 is 9.64 Å². The predicted molar refractivity (Wildman–Crippen MR) is 148 cm³/mol. The van der Waals surface area contributed by atoms with Crippen molar-refractivity contribution >= 4 is 23.0 Å². The van der Waals surface area contributed by atoms with E-state index in [0.29, 0.717) is 25.3 Å². The van der Waals surface area contributed by atoms with Crippen molar-refractivity contribution in [2.45, 2.75) is 12.5 Å². The van der Waals surface area contributed by atoms with Gasteiger partial charge in [-0.25, -0.2) is 4.79 Å². The molecule has 1 aliphatic rings. The molecule has 0 saturated carbocycles. The predicted octanol–water partition coefficient (Wildman–Crippen LogP) is 5.47. The number of hydrogen-bond acceptors (Lipinski definition) is 4. The van der Waals surface area contributed by atoms with Crippen molar-refractivity contribution in [2.24, 2.45) is 0 Å². The molecule has 7 nitrogen and oxygen atoms in total. The van der Waals surface area contributed by atoms with Gasteiger partial charge in [0.05, 0.1) is 29.0 Å². The highest BCUT2D eigenvalue weighted by Gasteiger charge is 2.30. The molecule has 0 radical (unpaired) electrons. The largest absolute Gasteiger partial charge is 0.457 e. The van der Waals surface area contributed by atoms with Crippen LogP contribution in [0.25, 0.3) is 22.8 Å². The number of benzene rings is 3. The van der Waals surface area contributed by atoms with Crippen LogP contribution in [-0.2, 0) is 4.79 Å². The molecule has 6 rings (SSSR count). The Morgan fingerprint density at radius 1 is 0.868 bits per heavy atom. The normalized spacial score (nSPS) is 15.4. The van der Waals surface area contributed by atoms with Gasteiger partial charge in [-0.15, -0.1) is 0 Å². The average molecular weight is 503 g/mol. The summed E-state index contributed by atoms with van der Waals surface area (Å²) in [7, 11) is 0. The lowest BCUT2D eigenvalue weighted by Gasteiger charge is -2.15. The third kappa shape index (κ3) is 4.62. The highest BCUT2D eigenvalue weighted by atomic mass is 16.5. The van der Waals surface area contributed by atoms with Crippen LogP contribution in [0, 0.1) is 0 Å². The first-order valence-corrected chi connectivity index (χ1v) is 12.6. The third-order valence-electron chi connectivity index (χ3n) is 6.81.